The van der Waals surface area contributed by atoms with E-state index in [1.165, 1.54) is 7.05 Å². The summed E-state index contributed by atoms with van der Waals surface area (Å²) in [5, 5.41) is 2.46. The van der Waals surface area contributed by atoms with E-state index in [2.05, 4.69) is 10.2 Å². The van der Waals surface area contributed by atoms with E-state index in [9.17, 15) is 19.2 Å². The van der Waals surface area contributed by atoms with Crippen molar-refractivity contribution in [1.29, 1.82) is 0 Å². The van der Waals surface area contributed by atoms with E-state index in [1.807, 2.05) is 6.07 Å². The first kappa shape index (κ1) is 19.0. The number of aldehydes is 1. The van der Waals surface area contributed by atoms with Crippen LogP contribution >= 0.6 is 0 Å². The van der Waals surface area contributed by atoms with Crippen LogP contribution in [0.25, 0.3) is 0 Å². The molecule has 2 aliphatic rings. The van der Waals surface area contributed by atoms with Gasteiger partial charge in [-0.1, -0.05) is 0 Å². The van der Waals surface area contributed by atoms with Crippen LogP contribution in [0.1, 0.15) is 46.4 Å². The summed E-state index contributed by atoms with van der Waals surface area (Å²) in [5.74, 6) is -1.46. The molecule has 0 radical (unpaired) electrons. The predicted molar refractivity (Wildman–Crippen MR) is 99.5 cm³/mol. The molecule has 1 aromatic rings. The van der Waals surface area contributed by atoms with Crippen molar-refractivity contribution in [2.24, 2.45) is 5.73 Å². The second kappa shape index (κ2) is 7.87. The van der Waals surface area contributed by atoms with Crippen molar-refractivity contribution in [3.63, 3.8) is 0 Å². The fraction of sp³-hybridized carbons (Fsp3) is 0.474. The Bertz CT molecular complexity index is 771. The Hall–Kier alpha value is -2.74. The fourth-order valence-corrected chi connectivity index (χ4v) is 3.65. The number of carbonyl (C=O) groups is 4. The van der Waals surface area contributed by atoms with E-state index >= 15 is 0 Å². The monoisotopic (exact) mass is 372 g/mol. The van der Waals surface area contributed by atoms with Crippen molar-refractivity contribution in [1.82, 2.24) is 10.2 Å². The normalized spacial score (nSPS) is 18.4. The molecule has 1 unspecified atom stereocenters. The molecule has 1 saturated heterocycles. The van der Waals surface area contributed by atoms with Gasteiger partial charge in [-0.15, -0.1) is 0 Å². The third kappa shape index (κ3) is 3.57. The minimum absolute atomic E-state index is 0.0881. The first-order chi connectivity index (χ1) is 13.0. The second-order valence-electron chi connectivity index (χ2n) is 6.91. The lowest BCUT2D eigenvalue weighted by molar-refractivity contribution is -0.124. The molecule has 0 aliphatic carbocycles. The number of imide groups is 1. The van der Waals surface area contributed by atoms with Gasteiger partial charge in [-0.25, -0.2) is 0 Å². The van der Waals surface area contributed by atoms with Gasteiger partial charge in [-0.2, -0.15) is 0 Å². The zero-order valence-electron chi connectivity index (χ0n) is 15.3. The number of fused-ring (bicyclic) bond motifs is 1. The van der Waals surface area contributed by atoms with Crippen LogP contribution in [0.4, 0.5) is 5.69 Å². The Balaban J connectivity index is 1.88. The quantitative estimate of drug-likeness (QED) is 0.549. The molecule has 3 rings (SSSR count). The molecule has 3 N–H and O–H groups in total. The van der Waals surface area contributed by atoms with Crippen molar-refractivity contribution < 1.29 is 19.2 Å². The van der Waals surface area contributed by atoms with E-state index in [0.717, 1.165) is 36.5 Å². The largest absolute Gasteiger partial charge is 0.371 e. The molecule has 0 bridgehead atoms. The maximum Gasteiger partial charge on any atom is 0.262 e. The number of anilines is 1. The Kier molecular flexibility index (Phi) is 5.55. The molecular formula is C19H24N4O4. The number of benzene rings is 1. The third-order valence-corrected chi connectivity index (χ3v) is 5.23. The van der Waals surface area contributed by atoms with Crippen molar-refractivity contribution in [3.8, 4) is 0 Å². The maximum absolute atomic E-state index is 12.9. The van der Waals surface area contributed by atoms with Crippen LogP contribution in [0, 0.1) is 0 Å². The topological polar surface area (TPSA) is 113 Å². The summed E-state index contributed by atoms with van der Waals surface area (Å²) in [4.78, 5) is 51.7. The number of nitrogens with zero attached hydrogens (tertiary/aromatic N) is 2. The molecule has 0 saturated carbocycles. The number of hydrogen-bond donors (Lipinski definition) is 2. The van der Waals surface area contributed by atoms with E-state index in [4.69, 9.17) is 5.73 Å². The molecule has 3 amide bonds. The van der Waals surface area contributed by atoms with E-state index in [1.54, 1.807) is 12.1 Å². The SMILES string of the molecule is CNC(=O)C(CCC=O)N1C(=O)c2ccc(N3CCC(N)CC3)cc2C1=O. The molecule has 144 valence electrons. The maximum atomic E-state index is 12.9. The van der Waals surface area contributed by atoms with Gasteiger partial charge >= 0.3 is 0 Å². The van der Waals surface area contributed by atoms with Gasteiger partial charge in [0.2, 0.25) is 5.91 Å². The van der Waals surface area contributed by atoms with Crippen LogP contribution < -0.4 is 16.0 Å². The number of amides is 3. The summed E-state index contributed by atoms with van der Waals surface area (Å²) in [6.45, 7) is 1.60. The molecule has 1 fully saturated rings. The number of rotatable bonds is 6. The second-order valence-corrected chi connectivity index (χ2v) is 6.91. The molecular weight excluding hydrogens is 348 g/mol. The van der Waals surface area contributed by atoms with Crippen molar-refractivity contribution in [3.05, 3.63) is 29.3 Å². The standard InChI is InChI=1S/C19H24N4O4/c1-21-17(25)16(3-2-10-24)23-18(26)14-5-4-13(11-15(14)19(23)27)22-8-6-12(20)7-9-22/h4-5,10-12,16H,2-3,6-9,20H2,1H3,(H,21,25). The van der Waals surface area contributed by atoms with Crippen LogP contribution in [0.2, 0.25) is 0 Å². The fourth-order valence-electron chi connectivity index (χ4n) is 3.65. The minimum atomic E-state index is -0.996. The molecule has 2 heterocycles. The Morgan fingerprint density at radius 1 is 1.26 bits per heavy atom. The zero-order valence-corrected chi connectivity index (χ0v) is 15.3. The lowest BCUT2D eigenvalue weighted by Crippen LogP contribution is -2.48. The highest BCUT2D eigenvalue weighted by Gasteiger charge is 2.42. The molecule has 0 aromatic heterocycles. The Labute approximate surface area is 157 Å². The number of nitrogens with two attached hydrogens (primary N) is 1. The first-order valence-corrected chi connectivity index (χ1v) is 9.15. The summed E-state index contributed by atoms with van der Waals surface area (Å²) in [5.41, 5.74) is 7.40. The van der Waals surface area contributed by atoms with Crippen molar-refractivity contribution >= 4 is 29.7 Å². The molecule has 27 heavy (non-hydrogen) atoms. The predicted octanol–water partition coefficient (Wildman–Crippen LogP) is 0.304. The number of likely N-dealkylation sites (N-methyl/N-ethyl adjacent to an activating group) is 1. The Morgan fingerprint density at radius 2 is 1.93 bits per heavy atom. The average molecular weight is 372 g/mol. The van der Waals surface area contributed by atoms with Gasteiger partial charge in [0.15, 0.2) is 0 Å². The summed E-state index contributed by atoms with van der Waals surface area (Å²) in [6.07, 6.45) is 2.62. The lowest BCUT2D eigenvalue weighted by atomic mass is 10.0. The summed E-state index contributed by atoms with van der Waals surface area (Å²) < 4.78 is 0. The number of nitrogens with one attached hydrogen (secondary N) is 1. The van der Waals surface area contributed by atoms with E-state index < -0.39 is 23.8 Å². The van der Waals surface area contributed by atoms with Crippen LogP contribution in [0.5, 0.6) is 0 Å². The van der Waals surface area contributed by atoms with Gasteiger partial charge in [0.05, 0.1) is 11.1 Å². The highest BCUT2D eigenvalue weighted by Crippen LogP contribution is 2.30. The van der Waals surface area contributed by atoms with Crippen LogP contribution in [0.3, 0.4) is 0 Å². The summed E-state index contributed by atoms with van der Waals surface area (Å²) >= 11 is 0. The minimum Gasteiger partial charge on any atom is -0.371 e. The van der Waals surface area contributed by atoms with Crippen LogP contribution in [0.15, 0.2) is 18.2 Å². The molecule has 0 spiro atoms. The highest BCUT2D eigenvalue weighted by atomic mass is 16.2. The van der Waals surface area contributed by atoms with Crippen molar-refractivity contribution in [2.45, 2.75) is 37.8 Å². The molecule has 8 heteroatoms. The van der Waals surface area contributed by atoms with Gasteiger partial charge in [-0.05, 0) is 37.5 Å². The number of piperidine rings is 1. The average Bonchev–Trinajstić information content (AvgIpc) is 2.93. The van der Waals surface area contributed by atoms with Gasteiger partial charge in [0.25, 0.3) is 11.8 Å². The van der Waals surface area contributed by atoms with E-state index in [-0.39, 0.29) is 24.4 Å². The van der Waals surface area contributed by atoms with Crippen LogP contribution in [-0.4, -0.2) is 61.1 Å². The first-order valence-electron chi connectivity index (χ1n) is 9.15. The number of carbonyl (C=O) groups excluding carboxylic acids is 4. The van der Waals surface area contributed by atoms with Gasteiger partial charge in [0.1, 0.15) is 12.3 Å². The summed E-state index contributed by atoms with van der Waals surface area (Å²) in [6, 6.07) is 4.38. The smallest absolute Gasteiger partial charge is 0.262 e. The van der Waals surface area contributed by atoms with Crippen molar-refractivity contribution in [2.75, 3.05) is 25.0 Å². The third-order valence-electron chi connectivity index (χ3n) is 5.23. The van der Waals surface area contributed by atoms with Gasteiger partial charge in [0, 0.05) is 38.3 Å². The molecule has 2 aliphatic heterocycles. The Morgan fingerprint density at radius 3 is 2.56 bits per heavy atom. The highest BCUT2D eigenvalue weighted by molar-refractivity contribution is 6.23. The van der Waals surface area contributed by atoms with Crippen LogP contribution in [-0.2, 0) is 9.59 Å². The molecule has 1 atom stereocenters. The molecule has 8 nitrogen and oxygen atoms in total. The zero-order chi connectivity index (χ0) is 19.6. The number of hydrogen-bond acceptors (Lipinski definition) is 6. The van der Waals surface area contributed by atoms with E-state index in [0.29, 0.717) is 11.8 Å². The van der Waals surface area contributed by atoms with Gasteiger partial charge < -0.3 is 20.7 Å². The lowest BCUT2D eigenvalue weighted by Gasteiger charge is -2.32. The molecule has 1 aromatic carbocycles. The van der Waals surface area contributed by atoms with Gasteiger partial charge in [-0.3, -0.25) is 19.3 Å². The summed E-state index contributed by atoms with van der Waals surface area (Å²) in [7, 11) is 1.44.